The molecule has 0 unspecified atom stereocenters. The number of nitrogens with one attached hydrogen (secondary N) is 3. The summed E-state index contributed by atoms with van der Waals surface area (Å²) in [6.07, 6.45) is -3.33. The van der Waals surface area contributed by atoms with Gasteiger partial charge in [0.05, 0.1) is 6.54 Å². The van der Waals surface area contributed by atoms with Crippen molar-refractivity contribution < 1.29 is 22.8 Å². The first-order valence-corrected chi connectivity index (χ1v) is 14.1. The van der Waals surface area contributed by atoms with Crippen molar-refractivity contribution in [2.75, 3.05) is 54.8 Å². The van der Waals surface area contributed by atoms with Crippen molar-refractivity contribution >= 4 is 52.2 Å². The summed E-state index contributed by atoms with van der Waals surface area (Å²) >= 11 is 0.782. The monoisotopic (exact) mass is 614 g/mol. The first kappa shape index (κ1) is 31.3. The number of amides is 2. The fourth-order valence-corrected chi connectivity index (χ4v) is 5.46. The molecule has 226 valence electrons. The van der Waals surface area contributed by atoms with Crippen LogP contribution in [-0.2, 0) is 16.1 Å². The van der Waals surface area contributed by atoms with Crippen molar-refractivity contribution in [3.63, 3.8) is 0 Å². The Kier molecular flexibility index (Phi) is 10.2. The summed E-state index contributed by atoms with van der Waals surface area (Å²) in [5, 5.41) is 16.8. The van der Waals surface area contributed by atoms with E-state index in [4.69, 9.17) is 0 Å². The molecule has 15 heteroatoms. The van der Waals surface area contributed by atoms with Crippen LogP contribution < -0.4 is 35.6 Å². The molecule has 1 saturated heterocycles. The molecule has 3 heterocycles. The largest absolute Gasteiger partial charge is 0.405 e. The number of nitriles is 1. The van der Waals surface area contributed by atoms with Crippen LogP contribution in [0.4, 0.5) is 30.5 Å². The average molecular weight is 615 g/mol. The molecule has 0 aliphatic carbocycles. The van der Waals surface area contributed by atoms with Crippen molar-refractivity contribution in [1.82, 2.24) is 19.8 Å². The van der Waals surface area contributed by atoms with Gasteiger partial charge in [-0.05, 0) is 31.2 Å². The van der Waals surface area contributed by atoms with Crippen LogP contribution in [0.1, 0.15) is 6.92 Å². The van der Waals surface area contributed by atoms with Crippen LogP contribution in [0.5, 0.6) is 0 Å². The van der Waals surface area contributed by atoms with Crippen LogP contribution in [0.25, 0.3) is 11.8 Å². The van der Waals surface area contributed by atoms with E-state index in [1.165, 1.54) is 6.20 Å². The molecule has 1 aliphatic rings. The molecule has 1 aliphatic heterocycles. The number of rotatable bonds is 9. The number of carbonyl (C=O) groups excluding carboxylic acids is 2. The Morgan fingerprint density at radius 2 is 1.77 bits per heavy atom. The number of anilines is 3. The fourth-order valence-electron chi connectivity index (χ4n) is 4.37. The summed E-state index contributed by atoms with van der Waals surface area (Å²) in [5.41, 5.74) is 0.0136. The lowest BCUT2D eigenvalue weighted by molar-refractivity contribution is -0.135. The Balaban J connectivity index is 1.41. The van der Waals surface area contributed by atoms with E-state index in [2.05, 4.69) is 37.6 Å². The first-order chi connectivity index (χ1) is 20.6. The molecule has 11 nitrogen and oxygen atoms in total. The van der Waals surface area contributed by atoms with Crippen molar-refractivity contribution in [2.45, 2.75) is 19.6 Å². The van der Waals surface area contributed by atoms with Crippen LogP contribution in [0.15, 0.2) is 53.3 Å². The number of halogens is 3. The van der Waals surface area contributed by atoms with Crippen molar-refractivity contribution in [2.24, 2.45) is 0 Å². The summed E-state index contributed by atoms with van der Waals surface area (Å²) in [4.78, 5) is 46.5. The number of nitrogens with zero attached hydrogens (tertiary/aromatic N) is 5. The molecule has 4 rings (SSSR count). The van der Waals surface area contributed by atoms with Crippen LogP contribution >= 0.6 is 11.3 Å². The number of carbonyl (C=O) groups is 2. The molecule has 1 aromatic carbocycles. The molecule has 1 fully saturated rings. The lowest BCUT2D eigenvalue weighted by Crippen LogP contribution is -2.48. The summed E-state index contributed by atoms with van der Waals surface area (Å²) in [6, 6.07) is 16.6. The van der Waals surface area contributed by atoms with Crippen LogP contribution in [0.3, 0.4) is 0 Å². The summed E-state index contributed by atoms with van der Waals surface area (Å²) < 4.78 is 38.7. The third kappa shape index (κ3) is 8.43. The van der Waals surface area contributed by atoms with E-state index in [-0.39, 0.29) is 28.2 Å². The van der Waals surface area contributed by atoms with E-state index in [1.807, 2.05) is 18.2 Å². The van der Waals surface area contributed by atoms with Gasteiger partial charge >= 0.3 is 6.18 Å². The molecule has 0 atom stereocenters. The van der Waals surface area contributed by atoms with Crippen molar-refractivity contribution in [3.8, 4) is 6.07 Å². The van der Waals surface area contributed by atoms with E-state index < -0.39 is 29.8 Å². The Morgan fingerprint density at radius 3 is 2.42 bits per heavy atom. The van der Waals surface area contributed by atoms with Gasteiger partial charge in [0.1, 0.15) is 33.4 Å². The molecule has 3 N–H and O–H groups in total. The van der Waals surface area contributed by atoms with Gasteiger partial charge in [-0.3, -0.25) is 23.9 Å². The Morgan fingerprint density at radius 1 is 1.07 bits per heavy atom. The Labute approximate surface area is 248 Å². The van der Waals surface area contributed by atoms with Crippen LogP contribution in [0, 0.1) is 11.3 Å². The highest BCUT2D eigenvalue weighted by Gasteiger charge is 2.29. The van der Waals surface area contributed by atoms with E-state index >= 15 is 0 Å². The molecule has 0 saturated carbocycles. The number of piperazine rings is 1. The highest BCUT2D eigenvalue weighted by Crippen LogP contribution is 2.16. The van der Waals surface area contributed by atoms with Gasteiger partial charge in [0.25, 0.3) is 11.5 Å². The van der Waals surface area contributed by atoms with E-state index in [9.17, 15) is 32.8 Å². The number of alkyl halides is 3. The normalized spacial score (nSPS) is 15.0. The summed E-state index contributed by atoms with van der Waals surface area (Å²) in [7, 11) is 0. The molecular weight excluding hydrogens is 585 g/mol. The molecular formula is C28H29F3N8O3S. The predicted molar refractivity (Wildman–Crippen MR) is 158 cm³/mol. The summed E-state index contributed by atoms with van der Waals surface area (Å²) in [6.45, 7) is 3.37. The predicted octanol–water partition coefficient (Wildman–Crippen LogP) is 1.29. The van der Waals surface area contributed by atoms with Gasteiger partial charge in [-0.1, -0.05) is 24.3 Å². The number of thiazole rings is 1. The Bertz CT molecular complexity index is 1670. The van der Waals surface area contributed by atoms with Gasteiger partial charge in [-0.15, -0.1) is 11.3 Å². The van der Waals surface area contributed by atoms with Crippen LogP contribution in [0.2, 0.25) is 0 Å². The number of benzene rings is 1. The highest BCUT2D eigenvalue weighted by molar-refractivity contribution is 7.07. The quantitative estimate of drug-likeness (QED) is 0.328. The number of pyridine rings is 1. The zero-order valence-electron chi connectivity index (χ0n) is 23.1. The fraction of sp³-hybridized carbons (Fsp3) is 0.321. The maximum absolute atomic E-state index is 12.9. The minimum Gasteiger partial charge on any atom is -0.369 e. The van der Waals surface area contributed by atoms with Crippen molar-refractivity contribution in [3.05, 3.63) is 68.1 Å². The topological polar surface area (TPSA) is 135 Å². The molecule has 43 heavy (non-hydrogen) atoms. The molecule has 0 bridgehead atoms. The minimum absolute atomic E-state index is 0.0682. The lowest BCUT2D eigenvalue weighted by Gasteiger charge is -2.35. The Hall–Kier alpha value is -4.68. The number of para-hydroxylation sites is 1. The van der Waals surface area contributed by atoms with Gasteiger partial charge in [-0.2, -0.15) is 18.4 Å². The zero-order valence-corrected chi connectivity index (χ0v) is 24.0. The lowest BCUT2D eigenvalue weighted by atomic mass is 10.2. The standard InChI is InChI=1S/C28H29F3N8O3S/c1-2-39-26(42)21(43-27(39)20(15-32)25(41)34-18-28(29,30)31)16-33-22-9-6-10-23(35-22)36-24(40)17-37-11-13-38(14-12-37)19-7-4-3-5-8-19/h3-10,16H,2,11-14,17-18H2,1H3,(H,34,41)(H2,33,35,36,40). The molecule has 0 spiro atoms. The number of hydrogen-bond donors (Lipinski definition) is 3. The van der Waals surface area contributed by atoms with Gasteiger partial charge in [-0.25, -0.2) is 4.98 Å². The second kappa shape index (κ2) is 14.0. The highest BCUT2D eigenvalue weighted by atomic mass is 32.1. The molecule has 3 aromatic rings. The van der Waals surface area contributed by atoms with Gasteiger partial charge < -0.3 is 20.9 Å². The summed E-state index contributed by atoms with van der Waals surface area (Å²) in [5.74, 6) is -0.852. The first-order valence-electron chi connectivity index (χ1n) is 13.3. The number of aromatic nitrogens is 2. The second-order valence-electron chi connectivity index (χ2n) is 9.45. The van der Waals surface area contributed by atoms with E-state index in [1.54, 1.807) is 36.5 Å². The minimum atomic E-state index is -4.65. The SMILES string of the molecule is CCn1c(=C(C#N)C(=O)NCC(F)(F)F)sc(=CNc2cccc(NC(=O)CN3CCN(c4ccccc4)CC3)n2)c1=O. The zero-order chi connectivity index (χ0) is 31.0. The van der Waals surface area contributed by atoms with E-state index in [0.29, 0.717) is 11.6 Å². The third-order valence-electron chi connectivity index (χ3n) is 6.45. The second-order valence-corrected chi connectivity index (χ2v) is 10.5. The van der Waals surface area contributed by atoms with E-state index in [0.717, 1.165) is 47.8 Å². The maximum Gasteiger partial charge on any atom is 0.405 e. The van der Waals surface area contributed by atoms with Gasteiger partial charge in [0.2, 0.25) is 5.91 Å². The maximum atomic E-state index is 12.9. The third-order valence-corrected chi connectivity index (χ3v) is 7.58. The molecule has 2 aromatic heterocycles. The van der Waals surface area contributed by atoms with Crippen molar-refractivity contribution in [1.29, 1.82) is 5.26 Å². The average Bonchev–Trinajstić information content (AvgIpc) is 3.30. The van der Waals surface area contributed by atoms with Gasteiger partial charge in [0.15, 0.2) is 5.57 Å². The molecule has 2 amide bonds. The number of hydrogen-bond acceptors (Lipinski definition) is 9. The smallest absolute Gasteiger partial charge is 0.369 e. The van der Waals surface area contributed by atoms with Crippen LogP contribution in [-0.4, -0.2) is 71.7 Å². The molecule has 0 radical (unpaired) electrons. The van der Waals surface area contributed by atoms with Gasteiger partial charge in [0, 0.05) is 44.6 Å².